The minimum Gasteiger partial charge on any atom is -0.298 e. The Morgan fingerprint density at radius 3 is 2.59 bits per heavy atom. The Hall–Kier alpha value is -1.41. The number of nitrogens with zero attached hydrogens (tertiary/aromatic N) is 1. The van der Waals surface area contributed by atoms with Gasteiger partial charge in [-0.05, 0) is 12.5 Å². The SMILES string of the molecule is C=CN=Cc1c(C=O)ccc(C(F)(F)P)c1C. The number of halogens is 2. The molecule has 90 valence electrons. The Morgan fingerprint density at radius 1 is 1.47 bits per heavy atom. The first-order valence-corrected chi connectivity index (χ1v) is 5.39. The van der Waals surface area contributed by atoms with Crippen LogP contribution in [0.25, 0.3) is 0 Å². The van der Waals surface area contributed by atoms with E-state index in [1.165, 1.54) is 40.7 Å². The molecule has 17 heavy (non-hydrogen) atoms. The van der Waals surface area contributed by atoms with E-state index in [2.05, 4.69) is 11.6 Å². The van der Waals surface area contributed by atoms with Gasteiger partial charge in [-0.1, -0.05) is 28.0 Å². The molecule has 0 amide bonds. The van der Waals surface area contributed by atoms with E-state index in [0.29, 0.717) is 23.0 Å². The van der Waals surface area contributed by atoms with Crippen LogP contribution in [0.2, 0.25) is 0 Å². The summed E-state index contributed by atoms with van der Waals surface area (Å²) in [6, 6.07) is 2.61. The van der Waals surface area contributed by atoms with E-state index >= 15 is 0 Å². The fourth-order valence-corrected chi connectivity index (χ4v) is 1.82. The molecule has 0 aliphatic heterocycles. The molecule has 0 saturated carbocycles. The number of hydrogen-bond donors (Lipinski definition) is 0. The summed E-state index contributed by atoms with van der Waals surface area (Å²) in [5.41, 5.74) is -2.12. The van der Waals surface area contributed by atoms with Gasteiger partial charge in [-0.15, -0.1) is 0 Å². The fraction of sp³-hybridized carbons (Fsp3) is 0.167. The summed E-state index contributed by atoms with van der Waals surface area (Å²) in [5.74, 6) is 0. The van der Waals surface area contributed by atoms with Crippen molar-refractivity contribution in [1.29, 1.82) is 0 Å². The second-order valence-corrected chi connectivity index (χ2v) is 4.17. The number of carbonyl (C=O) groups is 1. The van der Waals surface area contributed by atoms with Crippen LogP contribution in [0.4, 0.5) is 8.78 Å². The van der Waals surface area contributed by atoms with Gasteiger partial charge in [0.25, 0.3) is 5.66 Å². The largest absolute Gasteiger partial charge is 0.298 e. The topological polar surface area (TPSA) is 29.4 Å². The molecule has 1 rings (SSSR count). The highest BCUT2D eigenvalue weighted by molar-refractivity contribution is 7.17. The van der Waals surface area contributed by atoms with Crippen LogP contribution in [0.3, 0.4) is 0 Å². The number of carbonyl (C=O) groups excluding carboxylic acids is 1. The molecule has 5 heteroatoms. The van der Waals surface area contributed by atoms with Gasteiger partial charge < -0.3 is 0 Å². The van der Waals surface area contributed by atoms with Crippen LogP contribution < -0.4 is 0 Å². The highest BCUT2D eigenvalue weighted by Gasteiger charge is 2.27. The summed E-state index contributed by atoms with van der Waals surface area (Å²) in [5, 5.41) is 0. The number of aliphatic imine (C=N–C) groups is 1. The number of hydrogen-bond acceptors (Lipinski definition) is 2. The third kappa shape index (κ3) is 3.04. The Kier molecular flexibility index (Phi) is 4.24. The van der Waals surface area contributed by atoms with E-state index in [-0.39, 0.29) is 5.56 Å². The lowest BCUT2D eigenvalue weighted by atomic mass is 9.98. The van der Waals surface area contributed by atoms with Gasteiger partial charge in [-0.2, -0.15) is 8.78 Å². The van der Waals surface area contributed by atoms with Crippen molar-refractivity contribution < 1.29 is 13.6 Å². The summed E-state index contributed by atoms with van der Waals surface area (Å²) >= 11 is 0. The molecule has 0 N–H and O–H groups in total. The van der Waals surface area contributed by atoms with E-state index < -0.39 is 5.66 Å². The molecule has 0 bridgehead atoms. The van der Waals surface area contributed by atoms with Gasteiger partial charge >= 0.3 is 0 Å². The first kappa shape index (κ1) is 13.7. The van der Waals surface area contributed by atoms with E-state index in [9.17, 15) is 13.6 Å². The summed E-state index contributed by atoms with van der Waals surface area (Å²) in [7, 11) is 1.48. The average Bonchev–Trinajstić information content (AvgIpc) is 2.25. The monoisotopic (exact) mass is 255 g/mol. The van der Waals surface area contributed by atoms with Crippen molar-refractivity contribution in [3.8, 4) is 0 Å². The van der Waals surface area contributed by atoms with E-state index in [4.69, 9.17) is 0 Å². The standard InChI is InChI=1S/C12H12F2NOP/c1-3-15-6-10-8(2)11(12(13,14)17)5-4-9(10)7-16/h3-7H,1,17H2,2H3. The Balaban J connectivity index is 3.47. The lowest BCUT2D eigenvalue weighted by molar-refractivity contribution is 0.103. The van der Waals surface area contributed by atoms with Gasteiger partial charge in [-0.3, -0.25) is 9.79 Å². The van der Waals surface area contributed by atoms with Crippen LogP contribution in [0.5, 0.6) is 0 Å². The molecule has 0 spiro atoms. The summed E-state index contributed by atoms with van der Waals surface area (Å²) < 4.78 is 26.5. The molecule has 1 aromatic carbocycles. The Morgan fingerprint density at radius 2 is 2.12 bits per heavy atom. The van der Waals surface area contributed by atoms with Gasteiger partial charge in [0, 0.05) is 29.1 Å². The Labute approximate surface area is 101 Å². The molecular weight excluding hydrogens is 243 g/mol. The molecular formula is C12H12F2NOP. The minimum atomic E-state index is -3.03. The van der Waals surface area contributed by atoms with E-state index in [1.54, 1.807) is 0 Å². The fourth-order valence-electron chi connectivity index (χ4n) is 1.51. The zero-order valence-electron chi connectivity index (χ0n) is 9.28. The Bertz CT molecular complexity index is 478. The lowest BCUT2D eigenvalue weighted by Crippen LogP contribution is -2.09. The van der Waals surface area contributed by atoms with Crippen LogP contribution in [0.15, 0.2) is 29.9 Å². The maximum absolute atomic E-state index is 13.3. The van der Waals surface area contributed by atoms with E-state index in [0.717, 1.165) is 0 Å². The number of aldehydes is 1. The molecule has 0 aromatic heterocycles. The molecule has 0 heterocycles. The molecule has 0 aliphatic rings. The number of rotatable bonds is 4. The van der Waals surface area contributed by atoms with Crippen molar-refractivity contribution in [1.82, 2.24) is 0 Å². The normalized spacial score (nSPS) is 11.8. The maximum Gasteiger partial charge on any atom is 0.284 e. The van der Waals surface area contributed by atoms with Crippen LogP contribution in [-0.4, -0.2) is 12.5 Å². The highest BCUT2D eigenvalue weighted by atomic mass is 31.0. The van der Waals surface area contributed by atoms with Gasteiger partial charge in [0.05, 0.1) is 0 Å². The molecule has 2 nitrogen and oxygen atoms in total. The second-order valence-electron chi connectivity index (χ2n) is 3.44. The van der Waals surface area contributed by atoms with Gasteiger partial charge in [-0.25, -0.2) is 0 Å². The van der Waals surface area contributed by atoms with Gasteiger partial charge in [0.1, 0.15) is 0 Å². The lowest BCUT2D eigenvalue weighted by Gasteiger charge is -2.16. The van der Waals surface area contributed by atoms with Crippen molar-refractivity contribution in [2.24, 2.45) is 4.99 Å². The van der Waals surface area contributed by atoms with Gasteiger partial charge in [0.15, 0.2) is 6.29 Å². The quantitative estimate of drug-likeness (QED) is 0.461. The zero-order valence-corrected chi connectivity index (χ0v) is 10.4. The smallest absolute Gasteiger partial charge is 0.284 e. The first-order valence-electron chi connectivity index (χ1n) is 4.82. The second kappa shape index (κ2) is 5.28. The number of benzene rings is 1. The zero-order chi connectivity index (χ0) is 13.1. The maximum atomic E-state index is 13.3. The van der Waals surface area contributed by atoms with Crippen LogP contribution in [0, 0.1) is 6.92 Å². The van der Waals surface area contributed by atoms with Crippen LogP contribution in [0.1, 0.15) is 27.0 Å². The summed E-state index contributed by atoms with van der Waals surface area (Å²) in [6.07, 6.45) is 3.24. The van der Waals surface area contributed by atoms with Crippen molar-refractivity contribution in [2.75, 3.05) is 0 Å². The van der Waals surface area contributed by atoms with Crippen molar-refractivity contribution in [2.45, 2.75) is 12.6 Å². The van der Waals surface area contributed by atoms with Crippen molar-refractivity contribution >= 4 is 21.7 Å². The average molecular weight is 255 g/mol. The van der Waals surface area contributed by atoms with Gasteiger partial charge in [0.2, 0.25) is 0 Å². The van der Waals surface area contributed by atoms with Crippen LogP contribution in [-0.2, 0) is 5.66 Å². The first-order chi connectivity index (χ1) is 7.91. The highest BCUT2D eigenvalue weighted by Crippen LogP contribution is 2.37. The van der Waals surface area contributed by atoms with E-state index in [1.807, 2.05) is 0 Å². The molecule has 1 unspecified atom stereocenters. The predicted molar refractivity (Wildman–Crippen MR) is 68.0 cm³/mol. The third-order valence-electron chi connectivity index (χ3n) is 2.34. The van der Waals surface area contributed by atoms with Crippen molar-refractivity contribution in [3.63, 3.8) is 0 Å². The predicted octanol–water partition coefficient (Wildman–Crippen LogP) is 3.29. The molecule has 0 radical (unpaired) electrons. The molecule has 0 fully saturated rings. The third-order valence-corrected chi connectivity index (χ3v) is 2.65. The summed E-state index contributed by atoms with van der Waals surface area (Å²) in [4.78, 5) is 14.6. The molecule has 1 atom stereocenters. The van der Waals surface area contributed by atoms with Crippen LogP contribution >= 0.6 is 9.24 Å². The summed E-state index contributed by atoms with van der Waals surface area (Å²) in [6.45, 7) is 4.93. The molecule has 1 aromatic rings. The molecule has 0 saturated heterocycles. The van der Waals surface area contributed by atoms with Crippen molar-refractivity contribution in [3.05, 3.63) is 47.2 Å². The molecule has 0 aliphatic carbocycles. The number of alkyl halides is 2. The minimum absolute atomic E-state index is 0.140.